The number of hydrogen-bond donors (Lipinski definition) is 1. The fourth-order valence-electron chi connectivity index (χ4n) is 3.78. The van der Waals surface area contributed by atoms with Crippen molar-refractivity contribution in [1.82, 2.24) is 5.43 Å². The van der Waals surface area contributed by atoms with Crippen molar-refractivity contribution in [3.63, 3.8) is 0 Å². The molecule has 0 atom stereocenters. The largest absolute Gasteiger partial charge is 0.497 e. The van der Waals surface area contributed by atoms with Crippen LogP contribution in [0.3, 0.4) is 0 Å². The lowest BCUT2D eigenvalue weighted by Crippen LogP contribution is -2.26. The molecule has 170 valence electrons. The van der Waals surface area contributed by atoms with Gasteiger partial charge in [-0.3, -0.25) is 9.10 Å². The summed E-state index contributed by atoms with van der Waals surface area (Å²) in [5.41, 5.74) is 6.48. The fourth-order valence-corrected chi connectivity index (χ4v) is 4.99. The van der Waals surface area contributed by atoms with E-state index in [1.807, 2.05) is 18.2 Å². The summed E-state index contributed by atoms with van der Waals surface area (Å²) in [4.78, 5) is 12.8. The molecule has 0 aromatic heterocycles. The van der Waals surface area contributed by atoms with Crippen LogP contribution in [0.1, 0.15) is 34.3 Å². The molecule has 0 spiro atoms. The molecule has 33 heavy (non-hydrogen) atoms. The Bertz CT molecular complexity index is 1290. The highest BCUT2D eigenvalue weighted by atomic mass is 32.2. The molecule has 1 aliphatic rings. The first kappa shape index (κ1) is 22.5. The highest BCUT2D eigenvalue weighted by Gasteiger charge is 2.21. The van der Waals surface area contributed by atoms with Crippen molar-refractivity contribution in [3.8, 4) is 5.75 Å². The number of benzene rings is 3. The van der Waals surface area contributed by atoms with Crippen molar-refractivity contribution >= 4 is 27.3 Å². The van der Waals surface area contributed by atoms with E-state index in [4.69, 9.17) is 4.74 Å². The molecular weight excluding hydrogens is 438 g/mol. The summed E-state index contributed by atoms with van der Waals surface area (Å²) >= 11 is 0. The van der Waals surface area contributed by atoms with Crippen LogP contribution >= 0.6 is 0 Å². The van der Waals surface area contributed by atoms with Crippen LogP contribution in [0.15, 0.2) is 82.8 Å². The van der Waals surface area contributed by atoms with Gasteiger partial charge in [0.1, 0.15) is 5.75 Å². The molecule has 1 aliphatic carbocycles. The topological polar surface area (TPSA) is 88.1 Å². The maximum Gasteiger partial charge on any atom is 0.271 e. The quantitative estimate of drug-likeness (QED) is 0.560. The van der Waals surface area contributed by atoms with E-state index >= 15 is 0 Å². The Morgan fingerprint density at radius 1 is 1.00 bits per heavy atom. The zero-order valence-electron chi connectivity index (χ0n) is 18.5. The molecule has 0 heterocycles. The van der Waals surface area contributed by atoms with Crippen LogP contribution in [-0.2, 0) is 16.4 Å². The summed E-state index contributed by atoms with van der Waals surface area (Å²) < 4.78 is 32.1. The average molecular weight is 464 g/mol. The van der Waals surface area contributed by atoms with Crippen molar-refractivity contribution in [2.45, 2.75) is 24.2 Å². The Labute approximate surface area is 193 Å². The number of amides is 1. The van der Waals surface area contributed by atoms with Crippen LogP contribution < -0.4 is 14.5 Å². The molecule has 0 saturated heterocycles. The van der Waals surface area contributed by atoms with Crippen molar-refractivity contribution in [2.24, 2.45) is 5.10 Å². The number of nitrogens with one attached hydrogen (secondary N) is 1. The summed E-state index contributed by atoms with van der Waals surface area (Å²) in [5, 5.41) is 4.36. The van der Waals surface area contributed by atoms with E-state index < -0.39 is 10.0 Å². The maximum atomic E-state index is 12.8. The molecule has 0 bridgehead atoms. The second-order valence-electron chi connectivity index (χ2n) is 7.71. The smallest absolute Gasteiger partial charge is 0.271 e. The minimum absolute atomic E-state index is 0.204. The fraction of sp³-hybridized carbons (Fsp3) is 0.200. The van der Waals surface area contributed by atoms with Gasteiger partial charge in [0.15, 0.2) is 0 Å². The SMILES string of the molecule is COc1ccc2c(c1)CCC/C2=N/NC(=O)c1ccc(N(C)S(=O)(=O)c2ccccc2)cc1. The molecule has 4 rings (SSSR count). The van der Waals surface area contributed by atoms with Gasteiger partial charge in [0, 0.05) is 18.2 Å². The van der Waals surface area contributed by atoms with Crippen molar-refractivity contribution < 1.29 is 17.9 Å². The van der Waals surface area contributed by atoms with E-state index in [0.29, 0.717) is 11.3 Å². The molecule has 1 N–H and O–H groups in total. The molecule has 0 aliphatic heterocycles. The predicted molar refractivity (Wildman–Crippen MR) is 128 cm³/mol. The van der Waals surface area contributed by atoms with Crippen LogP contribution in [0.5, 0.6) is 5.75 Å². The number of hydrogen-bond acceptors (Lipinski definition) is 5. The van der Waals surface area contributed by atoms with E-state index in [-0.39, 0.29) is 10.8 Å². The Hall–Kier alpha value is -3.65. The van der Waals surface area contributed by atoms with E-state index in [9.17, 15) is 13.2 Å². The second kappa shape index (κ2) is 9.46. The number of hydrazone groups is 1. The standard InChI is InChI=1S/C25H25N3O4S/c1-28(33(30,31)22-8-4-3-5-9-22)20-13-11-18(12-14-20)25(29)27-26-24-10-6-7-19-17-21(32-2)15-16-23(19)24/h3-5,8-9,11-17H,6-7,10H2,1-2H3,(H,27,29)/b26-24-. The van der Waals surface area contributed by atoms with Crippen molar-refractivity contribution in [2.75, 3.05) is 18.5 Å². The lowest BCUT2D eigenvalue weighted by atomic mass is 9.90. The molecule has 1 amide bonds. The molecule has 0 fully saturated rings. The minimum atomic E-state index is -3.68. The molecule has 7 nitrogen and oxygen atoms in total. The first-order chi connectivity index (χ1) is 15.9. The van der Waals surface area contributed by atoms with E-state index in [1.165, 1.54) is 11.4 Å². The van der Waals surface area contributed by atoms with E-state index in [2.05, 4.69) is 10.5 Å². The minimum Gasteiger partial charge on any atom is -0.497 e. The summed E-state index contributed by atoms with van der Waals surface area (Å²) in [6.45, 7) is 0. The van der Waals surface area contributed by atoms with E-state index in [0.717, 1.165) is 41.9 Å². The van der Waals surface area contributed by atoms with Gasteiger partial charge in [-0.25, -0.2) is 13.8 Å². The third kappa shape index (κ3) is 4.75. The van der Waals surface area contributed by atoms with Crippen LogP contribution in [0.4, 0.5) is 5.69 Å². The molecule has 3 aromatic rings. The molecule has 0 unspecified atom stereocenters. The first-order valence-electron chi connectivity index (χ1n) is 10.6. The zero-order chi connectivity index (χ0) is 23.4. The van der Waals surface area contributed by atoms with Gasteiger partial charge in [-0.05, 0) is 79.4 Å². The number of ether oxygens (including phenoxy) is 1. The number of methoxy groups -OCH3 is 1. The Morgan fingerprint density at radius 3 is 2.42 bits per heavy atom. The van der Waals surface area contributed by atoms with Crippen LogP contribution in [0.2, 0.25) is 0 Å². The lowest BCUT2D eigenvalue weighted by molar-refractivity contribution is 0.0954. The summed E-state index contributed by atoms with van der Waals surface area (Å²) in [7, 11) is -0.558. The maximum absolute atomic E-state index is 12.8. The summed E-state index contributed by atoms with van der Waals surface area (Å²) in [6.07, 6.45) is 2.67. The monoisotopic (exact) mass is 463 g/mol. The number of anilines is 1. The van der Waals surface area contributed by atoms with Gasteiger partial charge in [-0.15, -0.1) is 0 Å². The third-order valence-electron chi connectivity index (χ3n) is 5.67. The number of aryl methyl sites for hydroxylation is 1. The lowest BCUT2D eigenvalue weighted by Gasteiger charge is -2.20. The first-order valence-corrected chi connectivity index (χ1v) is 12.0. The average Bonchev–Trinajstić information content (AvgIpc) is 2.87. The Balaban J connectivity index is 1.48. The molecule has 8 heteroatoms. The normalized spacial score (nSPS) is 14.4. The number of carbonyl (C=O) groups excluding carboxylic acids is 1. The Morgan fingerprint density at radius 2 is 1.73 bits per heavy atom. The molecule has 0 saturated carbocycles. The van der Waals surface area contributed by atoms with Gasteiger partial charge in [0.25, 0.3) is 15.9 Å². The van der Waals surface area contributed by atoms with Crippen molar-refractivity contribution in [3.05, 3.63) is 89.5 Å². The van der Waals surface area contributed by atoms with Crippen LogP contribution in [0.25, 0.3) is 0 Å². The Kier molecular flexibility index (Phi) is 6.46. The van der Waals surface area contributed by atoms with Gasteiger partial charge >= 0.3 is 0 Å². The highest BCUT2D eigenvalue weighted by molar-refractivity contribution is 7.92. The highest BCUT2D eigenvalue weighted by Crippen LogP contribution is 2.26. The van der Waals surface area contributed by atoms with Gasteiger partial charge < -0.3 is 4.74 Å². The van der Waals surface area contributed by atoms with Gasteiger partial charge in [0.2, 0.25) is 0 Å². The third-order valence-corrected chi connectivity index (χ3v) is 7.47. The summed E-state index contributed by atoms with van der Waals surface area (Å²) in [5.74, 6) is 0.446. The number of fused-ring (bicyclic) bond motifs is 1. The number of sulfonamides is 1. The number of rotatable bonds is 6. The summed E-state index contributed by atoms with van der Waals surface area (Å²) in [6, 6.07) is 20.4. The second-order valence-corrected chi connectivity index (χ2v) is 9.68. The van der Waals surface area contributed by atoms with Gasteiger partial charge in [0.05, 0.1) is 23.4 Å². The van der Waals surface area contributed by atoms with Crippen LogP contribution in [0, 0.1) is 0 Å². The van der Waals surface area contributed by atoms with E-state index in [1.54, 1.807) is 61.7 Å². The molecule has 0 radical (unpaired) electrons. The molecule has 3 aromatic carbocycles. The van der Waals surface area contributed by atoms with Crippen molar-refractivity contribution in [1.29, 1.82) is 0 Å². The van der Waals surface area contributed by atoms with Gasteiger partial charge in [-0.2, -0.15) is 5.10 Å². The van der Waals surface area contributed by atoms with Crippen LogP contribution in [-0.4, -0.2) is 34.2 Å². The molecular formula is C25H25N3O4S. The number of carbonyl (C=O) groups is 1. The predicted octanol–water partition coefficient (Wildman–Crippen LogP) is 3.99. The number of nitrogens with zero attached hydrogens (tertiary/aromatic N) is 2. The zero-order valence-corrected chi connectivity index (χ0v) is 19.3. The van der Waals surface area contributed by atoms with Gasteiger partial charge in [-0.1, -0.05) is 18.2 Å².